The summed E-state index contributed by atoms with van der Waals surface area (Å²) in [6.45, 7) is 0. The van der Waals surface area contributed by atoms with Gasteiger partial charge in [0.05, 0.1) is 0 Å². The second-order valence-corrected chi connectivity index (χ2v) is 5.61. The van der Waals surface area contributed by atoms with Gasteiger partial charge in [0.2, 0.25) is 5.79 Å². The van der Waals surface area contributed by atoms with Gasteiger partial charge in [0, 0.05) is 6.42 Å². The Hall–Kier alpha value is -0.610. The van der Waals surface area contributed by atoms with Crippen LogP contribution in [0.2, 0.25) is 0 Å². The third-order valence-electron chi connectivity index (χ3n) is 4.32. The van der Waals surface area contributed by atoms with E-state index in [2.05, 4.69) is 0 Å². The molecule has 2 aliphatic carbocycles. The molecule has 0 aromatic heterocycles. The maximum absolute atomic E-state index is 12.3. The van der Waals surface area contributed by atoms with E-state index in [1.54, 1.807) is 0 Å². The Morgan fingerprint density at radius 3 is 2.47 bits per heavy atom. The molecule has 4 nitrogen and oxygen atoms in total. The molecule has 1 heterocycles. The van der Waals surface area contributed by atoms with Crippen LogP contribution in [0.5, 0.6) is 0 Å². The minimum atomic E-state index is -1.50. The van der Waals surface area contributed by atoms with E-state index in [0.29, 0.717) is 12.8 Å². The van der Waals surface area contributed by atoms with E-state index in [0.717, 1.165) is 44.9 Å². The highest BCUT2D eigenvalue weighted by molar-refractivity contribution is 5.79. The smallest absolute Gasteiger partial charge is 0.344 e. The van der Waals surface area contributed by atoms with Gasteiger partial charge in [0.1, 0.15) is 6.10 Å². The van der Waals surface area contributed by atoms with Gasteiger partial charge < -0.3 is 9.47 Å². The van der Waals surface area contributed by atoms with E-state index >= 15 is 0 Å². The highest BCUT2D eigenvalue weighted by atomic mass is 16.8. The van der Waals surface area contributed by atoms with E-state index in [4.69, 9.17) is 9.47 Å². The van der Waals surface area contributed by atoms with Crippen molar-refractivity contribution in [2.24, 2.45) is 0 Å². The van der Waals surface area contributed by atoms with Crippen molar-refractivity contribution in [1.29, 1.82) is 0 Å². The Labute approximate surface area is 101 Å². The quantitative estimate of drug-likeness (QED) is 0.549. The Bertz CT molecular complexity index is 321. The van der Waals surface area contributed by atoms with Gasteiger partial charge in [-0.05, 0) is 38.5 Å². The molecule has 4 heteroatoms. The predicted octanol–water partition coefficient (Wildman–Crippen LogP) is 2.33. The zero-order valence-electron chi connectivity index (χ0n) is 10.1. The summed E-state index contributed by atoms with van der Waals surface area (Å²) >= 11 is 0. The lowest BCUT2D eigenvalue weighted by atomic mass is 9.85. The molecule has 0 aromatic carbocycles. The van der Waals surface area contributed by atoms with Crippen LogP contribution in [0.1, 0.15) is 57.8 Å². The van der Waals surface area contributed by atoms with Crippen molar-refractivity contribution in [2.75, 3.05) is 0 Å². The van der Waals surface area contributed by atoms with Crippen molar-refractivity contribution in [3.05, 3.63) is 0 Å². The lowest BCUT2D eigenvalue weighted by Gasteiger charge is -2.29. The first-order valence-electron chi connectivity index (χ1n) is 6.76. The van der Waals surface area contributed by atoms with Crippen LogP contribution >= 0.6 is 0 Å². The fourth-order valence-corrected chi connectivity index (χ4v) is 3.12. The van der Waals surface area contributed by atoms with E-state index < -0.39 is 17.4 Å². The molecule has 0 bridgehead atoms. The molecule has 1 radical (unpaired) electrons. The summed E-state index contributed by atoms with van der Waals surface area (Å²) in [5.41, 5.74) is -1.50. The molecule has 3 aliphatic rings. The first kappa shape index (κ1) is 11.5. The molecule has 0 spiro atoms. The fraction of sp³-hybridized carbons (Fsp3) is 0.923. The molecule has 0 amide bonds. The summed E-state index contributed by atoms with van der Waals surface area (Å²) in [5, 5.41) is 12.3. The monoisotopic (exact) mass is 239 g/mol. The van der Waals surface area contributed by atoms with Crippen LogP contribution < -0.4 is 0 Å². The number of rotatable bonds is 2. The Morgan fingerprint density at radius 1 is 1.06 bits per heavy atom. The molecule has 3 rings (SSSR count). The summed E-state index contributed by atoms with van der Waals surface area (Å²) in [7, 11) is 0. The van der Waals surface area contributed by atoms with Gasteiger partial charge in [-0.2, -0.15) is 0 Å². The minimum absolute atomic E-state index is 0.0624. The number of ether oxygens (including phenoxy) is 2. The van der Waals surface area contributed by atoms with Gasteiger partial charge >= 0.3 is 5.97 Å². The van der Waals surface area contributed by atoms with Gasteiger partial charge in [-0.3, -0.25) is 0 Å². The van der Waals surface area contributed by atoms with E-state index in [9.17, 15) is 9.90 Å². The van der Waals surface area contributed by atoms with E-state index in [-0.39, 0.29) is 6.10 Å². The Balaban J connectivity index is 1.63. The molecular weight excluding hydrogens is 220 g/mol. The van der Waals surface area contributed by atoms with Crippen molar-refractivity contribution >= 4 is 5.97 Å². The first-order chi connectivity index (χ1) is 8.15. The average molecular weight is 239 g/mol. The number of esters is 1. The number of carbonyl (C=O) groups is 1. The highest BCUT2D eigenvalue weighted by Crippen LogP contribution is 2.49. The van der Waals surface area contributed by atoms with Crippen LogP contribution in [0.4, 0.5) is 0 Å². The van der Waals surface area contributed by atoms with Crippen molar-refractivity contribution < 1.29 is 19.4 Å². The molecule has 2 unspecified atom stereocenters. The second-order valence-electron chi connectivity index (χ2n) is 5.61. The molecular formula is C13H19O4. The average Bonchev–Trinajstić information content (AvgIpc) is 3.04. The SMILES string of the molecule is [O]C1(C(=O)OC23CCCCC2O3)CCCCC1. The minimum Gasteiger partial charge on any atom is -0.428 e. The van der Waals surface area contributed by atoms with Crippen LogP contribution in [0.3, 0.4) is 0 Å². The Morgan fingerprint density at radius 2 is 1.76 bits per heavy atom. The molecule has 0 aromatic rings. The van der Waals surface area contributed by atoms with Gasteiger partial charge in [0.25, 0.3) is 0 Å². The fourth-order valence-electron chi connectivity index (χ4n) is 3.12. The molecule has 1 aliphatic heterocycles. The summed E-state index contributed by atoms with van der Waals surface area (Å²) in [4.78, 5) is 12.0. The maximum atomic E-state index is 12.3. The van der Waals surface area contributed by atoms with E-state index in [1.165, 1.54) is 0 Å². The molecule has 17 heavy (non-hydrogen) atoms. The van der Waals surface area contributed by atoms with Crippen LogP contribution in [0.15, 0.2) is 0 Å². The lowest BCUT2D eigenvalue weighted by Crippen LogP contribution is -2.43. The second kappa shape index (κ2) is 3.95. The van der Waals surface area contributed by atoms with Crippen molar-refractivity contribution in [1.82, 2.24) is 0 Å². The number of carbonyl (C=O) groups excluding carboxylic acids is 1. The van der Waals surface area contributed by atoms with Crippen molar-refractivity contribution in [3.63, 3.8) is 0 Å². The largest absolute Gasteiger partial charge is 0.428 e. The number of fused-ring (bicyclic) bond motifs is 1. The standard InChI is InChI=1S/C13H19O4/c14-11(12(15)7-3-1-4-8-12)17-13-9-5-2-6-10(13)16-13/h10H,1-9H2. The van der Waals surface area contributed by atoms with Crippen LogP contribution in [-0.2, 0) is 19.4 Å². The molecule has 2 atom stereocenters. The van der Waals surface area contributed by atoms with Crippen LogP contribution in [0, 0.1) is 0 Å². The third kappa shape index (κ3) is 1.97. The molecule has 95 valence electrons. The predicted molar refractivity (Wildman–Crippen MR) is 58.7 cm³/mol. The molecule has 3 fully saturated rings. The number of hydrogen-bond donors (Lipinski definition) is 0. The van der Waals surface area contributed by atoms with Crippen molar-refractivity contribution in [2.45, 2.75) is 75.3 Å². The maximum Gasteiger partial charge on any atom is 0.344 e. The Kier molecular flexibility index (Phi) is 2.67. The number of hydrogen-bond acceptors (Lipinski definition) is 3. The zero-order valence-corrected chi connectivity index (χ0v) is 10.1. The topological polar surface area (TPSA) is 58.7 Å². The van der Waals surface area contributed by atoms with Gasteiger partial charge in [0.15, 0.2) is 5.60 Å². The normalized spacial score (nSPS) is 39.2. The van der Waals surface area contributed by atoms with Crippen LogP contribution in [0.25, 0.3) is 0 Å². The molecule has 2 saturated carbocycles. The lowest BCUT2D eigenvalue weighted by molar-refractivity contribution is -0.193. The summed E-state index contributed by atoms with van der Waals surface area (Å²) in [5.74, 6) is -1.27. The van der Waals surface area contributed by atoms with E-state index in [1.807, 2.05) is 0 Å². The summed E-state index contributed by atoms with van der Waals surface area (Å²) in [6, 6.07) is 0. The van der Waals surface area contributed by atoms with Gasteiger partial charge in [-0.1, -0.05) is 12.8 Å². The van der Waals surface area contributed by atoms with Gasteiger partial charge in [-0.25, -0.2) is 9.90 Å². The van der Waals surface area contributed by atoms with Crippen LogP contribution in [-0.4, -0.2) is 23.5 Å². The third-order valence-corrected chi connectivity index (χ3v) is 4.32. The summed E-state index contributed by atoms with van der Waals surface area (Å²) in [6.07, 6.45) is 7.53. The highest BCUT2D eigenvalue weighted by Gasteiger charge is 2.62. The summed E-state index contributed by atoms with van der Waals surface area (Å²) < 4.78 is 10.9. The molecule has 1 saturated heterocycles. The van der Waals surface area contributed by atoms with Crippen molar-refractivity contribution in [3.8, 4) is 0 Å². The first-order valence-corrected chi connectivity index (χ1v) is 6.76. The van der Waals surface area contributed by atoms with Gasteiger partial charge in [-0.15, -0.1) is 0 Å². The molecule has 0 N–H and O–H groups in total. The zero-order chi connectivity index (χ0) is 11.9. The number of epoxide rings is 1.